The van der Waals surface area contributed by atoms with Gasteiger partial charge in [0.1, 0.15) is 22.1 Å². The van der Waals surface area contributed by atoms with Gasteiger partial charge in [-0.25, -0.2) is 14.4 Å². The van der Waals surface area contributed by atoms with E-state index in [0.717, 1.165) is 0 Å². The lowest BCUT2D eigenvalue weighted by molar-refractivity contribution is 0.102. The Kier molecular flexibility index (Phi) is 6.05. The number of hydrogen-bond acceptors (Lipinski definition) is 8. The van der Waals surface area contributed by atoms with Crippen molar-refractivity contribution in [2.45, 2.75) is 30.6 Å². The summed E-state index contributed by atoms with van der Waals surface area (Å²) >= 11 is 0. The summed E-state index contributed by atoms with van der Waals surface area (Å²) in [5, 5.41) is 14.4. The quantitative estimate of drug-likeness (QED) is 0.438. The van der Waals surface area contributed by atoms with Gasteiger partial charge in [0.05, 0.1) is 30.3 Å². The minimum Gasteiger partial charge on any atom is -0.480 e. The van der Waals surface area contributed by atoms with Crippen LogP contribution in [-0.2, 0) is 5.54 Å². The molecule has 1 aromatic heterocycles. The van der Waals surface area contributed by atoms with Crippen molar-refractivity contribution in [2.75, 3.05) is 38.3 Å². The zero-order valence-corrected chi connectivity index (χ0v) is 20.3. The number of hydrogen-bond donors (Lipinski definition) is 5. The molecular weight excluding hydrogens is 463 g/mol. The molecule has 0 saturated carbocycles. The highest BCUT2D eigenvalue weighted by atomic mass is 32.3. The second-order valence-corrected chi connectivity index (χ2v) is 11.5. The number of likely N-dealkylation sites (tertiary alicyclic amines) is 1. The molecule has 3 heterocycles. The van der Waals surface area contributed by atoms with Crippen molar-refractivity contribution < 1.29 is 23.0 Å². The van der Waals surface area contributed by atoms with Gasteiger partial charge in [0, 0.05) is 24.3 Å². The van der Waals surface area contributed by atoms with E-state index in [-0.39, 0.29) is 28.7 Å². The molecular formula is C22H29FN6O4S. The fourth-order valence-corrected chi connectivity index (χ4v) is 7.24. The van der Waals surface area contributed by atoms with Gasteiger partial charge in [0.25, 0.3) is 5.91 Å². The molecule has 10 nitrogen and oxygen atoms in total. The van der Waals surface area contributed by atoms with Crippen LogP contribution in [0.5, 0.6) is 5.88 Å². The molecule has 2 aliphatic rings. The first-order valence-corrected chi connectivity index (χ1v) is 12.4. The number of amides is 1. The molecule has 2 saturated heterocycles. The second-order valence-electron chi connectivity index (χ2n) is 9.12. The summed E-state index contributed by atoms with van der Waals surface area (Å²) in [5.74, 6) is -1.01. The highest BCUT2D eigenvalue weighted by Crippen LogP contribution is 2.61. The van der Waals surface area contributed by atoms with Crippen molar-refractivity contribution >= 4 is 28.0 Å². The molecule has 2 aromatic rings. The first-order chi connectivity index (χ1) is 15.9. The Labute approximate surface area is 198 Å². The number of aromatic nitrogens is 2. The average Bonchev–Trinajstić information content (AvgIpc) is 3.17. The third-order valence-electron chi connectivity index (χ3n) is 6.56. The Balaban J connectivity index is 1.62. The number of nitrogens with zero attached hydrogens (tertiary/aromatic N) is 3. The zero-order chi connectivity index (χ0) is 24.9. The number of methoxy groups -OCH3 is 1. The average molecular weight is 493 g/mol. The number of anilines is 1. The summed E-state index contributed by atoms with van der Waals surface area (Å²) in [4.78, 5) is 22.9. The second kappa shape index (κ2) is 8.45. The summed E-state index contributed by atoms with van der Waals surface area (Å²) in [7, 11) is 0.0349. The molecule has 2 aliphatic heterocycles. The van der Waals surface area contributed by atoms with E-state index in [2.05, 4.69) is 20.6 Å². The van der Waals surface area contributed by atoms with Crippen LogP contribution < -0.4 is 15.4 Å². The number of ether oxygens (including phenoxy) is 1. The van der Waals surface area contributed by atoms with E-state index < -0.39 is 32.6 Å². The molecule has 184 valence electrons. The molecule has 4 rings (SSSR count). The minimum atomic E-state index is -3.28. The van der Waals surface area contributed by atoms with Gasteiger partial charge >= 0.3 is 0 Å². The predicted octanol–water partition coefficient (Wildman–Crippen LogP) is 2.81. The molecule has 1 amide bonds. The van der Waals surface area contributed by atoms with Gasteiger partial charge in [-0.2, -0.15) is 10.6 Å². The number of aryl methyl sites for hydroxylation is 1. The summed E-state index contributed by atoms with van der Waals surface area (Å²) in [6, 6.07) is 4.05. The molecule has 1 aromatic carbocycles. The van der Waals surface area contributed by atoms with Crippen molar-refractivity contribution in [1.29, 1.82) is 5.41 Å². The van der Waals surface area contributed by atoms with E-state index in [1.54, 1.807) is 13.8 Å². The van der Waals surface area contributed by atoms with E-state index in [4.69, 9.17) is 10.1 Å². The lowest BCUT2D eigenvalue weighted by Crippen LogP contribution is -2.64. The summed E-state index contributed by atoms with van der Waals surface area (Å²) < 4.78 is 41.2. The summed E-state index contributed by atoms with van der Waals surface area (Å²) in [6.45, 7) is 4.24. The molecule has 0 radical (unpaired) electrons. The Bertz CT molecular complexity index is 1160. The third-order valence-corrected chi connectivity index (χ3v) is 9.33. The predicted molar refractivity (Wildman–Crippen MR) is 128 cm³/mol. The van der Waals surface area contributed by atoms with Gasteiger partial charge in [-0.05, 0) is 45.5 Å². The first kappa shape index (κ1) is 24.3. The van der Waals surface area contributed by atoms with Crippen molar-refractivity contribution in [1.82, 2.24) is 20.2 Å². The number of nitrogens with one attached hydrogen (secondary N) is 3. The lowest BCUT2D eigenvalue weighted by Gasteiger charge is -2.57. The third kappa shape index (κ3) is 4.00. The number of amidine groups is 1. The zero-order valence-electron chi connectivity index (χ0n) is 19.5. The van der Waals surface area contributed by atoms with Crippen LogP contribution in [0, 0.1) is 18.2 Å². The van der Waals surface area contributed by atoms with Gasteiger partial charge in [-0.15, -0.1) is 0 Å². The molecule has 1 unspecified atom stereocenters. The van der Waals surface area contributed by atoms with Crippen molar-refractivity contribution in [2.24, 2.45) is 0 Å². The van der Waals surface area contributed by atoms with Crippen molar-refractivity contribution in [3.8, 4) is 5.88 Å². The van der Waals surface area contributed by atoms with Crippen LogP contribution in [0.2, 0.25) is 0 Å². The highest BCUT2D eigenvalue weighted by molar-refractivity contribution is 8.26. The number of carbonyl (C=O) groups is 1. The number of halogens is 1. The van der Waals surface area contributed by atoms with Crippen molar-refractivity contribution in [3.05, 3.63) is 47.2 Å². The molecule has 12 heteroatoms. The van der Waals surface area contributed by atoms with Crippen LogP contribution in [-0.4, -0.2) is 73.5 Å². The van der Waals surface area contributed by atoms with Crippen LogP contribution in [0.4, 0.5) is 10.1 Å². The molecule has 0 bridgehead atoms. The standard InChI is InChI=1S/C22H29FN6O4S/c1-13-18(25-10-17(26-13)33-4)19(30)27-14-5-6-16(23)15(9-14)21(2)12-34(31,32)22(20(24)28-21)7-8-29(3)11-22/h5-6,9-10,31-32H,7-8,11-12H2,1-4H3,(H2,24,28)(H,27,30)/t21-,22?/m0/s1. The monoisotopic (exact) mass is 492 g/mol. The van der Waals surface area contributed by atoms with Crippen LogP contribution in [0.25, 0.3) is 0 Å². The summed E-state index contributed by atoms with van der Waals surface area (Å²) in [6.07, 6.45) is 1.77. The topological polar surface area (TPSA) is 144 Å². The lowest BCUT2D eigenvalue weighted by atomic mass is 9.90. The number of benzene rings is 1. The number of rotatable bonds is 4. The fourth-order valence-electron chi connectivity index (χ4n) is 4.71. The van der Waals surface area contributed by atoms with Gasteiger partial charge in [-0.3, -0.25) is 19.3 Å². The van der Waals surface area contributed by atoms with E-state index in [0.29, 0.717) is 30.9 Å². The largest absolute Gasteiger partial charge is 0.480 e. The Hall–Kier alpha value is -2.80. The Morgan fingerprint density at radius 1 is 1.41 bits per heavy atom. The van der Waals surface area contributed by atoms with E-state index in [1.165, 1.54) is 31.5 Å². The SMILES string of the molecule is COc1cnc(C(=O)Nc2ccc(F)c([C@]3(C)CS(O)(O)C4(CCN(C)C4)C(=N)N3)c2)c(C)n1. The Morgan fingerprint density at radius 3 is 2.74 bits per heavy atom. The molecule has 2 atom stereocenters. The van der Waals surface area contributed by atoms with Crippen molar-refractivity contribution in [3.63, 3.8) is 0 Å². The normalized spacial score (nSPS) is 27.3. The van der Waals surface area contributed by atoms with Crippen LogP contribution in [0.1, 0.15) is 35.1 Å². The van der Waals surface area contributed by atoms with E-state index >= 15 is 0 Å². The molecule has 34 heavy (non-hydrogen) atoms. The molecule has 2 fully saturated rings. The van der Waals surface area contributed by atoms with E-state index in [1.807, 2.05) is 11.9 Å². The van der Waals surface area contributed by atoms with Gasteiger partial charge in [0.2, 0.25) is 5.88 Å². The summed E-state index contributed by atoms with van der Waals surface area (Å²) in [5.41, 5.74) is -0.381. The van der Waals surface area contributed by atoms with Crippen LogP contribution in [0.15, 0.2) is 24.4 Å². The van der Waals surface area contributed by atoms with Gasteiger partial charge in [0.15, 0.2) is 0 Å². The van der Waals surface area contributed by atoms with Crippen LogP contribution in [0.3, 0.4) is 0 Å². The van der Waals surface area contributed by atoms with Crippen LogP contribution >= 0.6 is 10.6 Å². The smallest absolute Gasteiger partial charge is 0.276 e. The fraction of sp³-hybridized carbons (Fsp3) is 0.455. The molecule has 0 aliphatic carbocycles. The molecule has 1 spiro atoms. The highest BCUT2D eigenvalue weighted by Gasteiger charge is 2.58. The minimum absolute atomic E-state index is 0.0106. The number of carbonyl (C=O) groups excluding carboxylic acids is 1. The van der Waals surface area contributed by atoms with Gasteiger partial charge in [-0.1, -0.05) is 0 Å². The van der Waals surface area contributed by atoms with E-state index in [9.17, 15) is 18.3 Å². The van der Waals surface area contributed by atoms with Gasteiger partial charge < -0.3 is 20.3 Å². The first-order valence-electron chi connectivity index (χ1n) is 10.7. The maximum atomic E-state index is 15.0. The molecule has 5 N–H and O–H groups in total. The maximum Gasteiger partial charge on any atom is 0.276 e. The Morgan fingerprint density at radius 2 is 2.15 bits per heavy atom. The maximum absolute atomic E-state index is 15.0.